The fourth-order valence-corrected chi connectivity index (χ4v) is 1.75. The van der Waals surface area contributed by atoms with Gasteiger partial charge >= 0.3 is 5.97 Å². The minimum atomic E-state index is -1.02. The molecule has 0 heterocycles. The Kier molecular flexibility index (Phi) is 7.14. The van der Waals surface area contributed by atoms with Crippen LogP contribution in [0.15, 0.2) is 0 Å². The van der Waals surface area contributed by atoms with Crippen LogP contribution in [0.3, 0.4) is 0 Å². The number of hydrogen-bond acceptors (Lipinski definition) is 5. The summed E-state index contributed by atoms with van der Waals surface area (Å²) in [6.45, 7) is 3.70. The third-order valence-corrected chi connectivity index (χ3v) is 2.39. The van der Waals surface area contributed by atoms with Gasteiger partial charge in [-0.05, 0) is 20.9 Å². The van der Waals surface area contributed by atoms with Crippen LogP contribution in [0.5, 0.6) is 0 Å². The predicted octanol–water partition coefficient (Wildman–Crippen LogP) is -1.23. The summed E-state index contributed by atoms with van der Waals surface area (Å²) in [5, 5.41) is 8.76. The van der Waals surface area contributed by atoms with Crippen molar-refractivity contribution in [2.45, 2.75) is 19.9 Å². The zero-order chi connectivity index (χ0) is 14.3. The molecule has 7 nitrogen and oxygen atoms in total. The Morgan fingerprint density at radius 3 is 2.17 bits per heavy atom. The fourth-order valence-electron chi connectivity index (χ4n) is 1.75. The standard InChI is InChI=1S/C11H21N3O4/c1-8(4-13(3)5-9(2)15)14(6-10(12)16)7-11(17)18/h8H,4-7H2,1-3H3,(H2,12,16)(H,17,18)/t8-/m0/s1. The monoisotopic (exact) mass is 259 g/mol. The topological polar surface area (TPSA) is 104 Å². The zero-order valence-electron chi connectivity index (χ0n) is 11.0. The van der Waals surface area contributed by atoms with E-state index in [2.05, 4.69) is 0 Å². The van der Waals surface area contributed by atoms with Crippen molar-refractivity contribution in [2.75, 3.05) is 33.2 Å². The van der Waals surface area contributed by atoms with Crippen molar-refractivity contribution in [3.8, 4) is 0 Å². The SMILES string of the molecule is CC(=O)CN(C)C[C@H](C)N(CC(N)=O)CC(=O)O. The molecule has 1 amide bonds. The second-order valence-corrected chi connectivity index (χ2v) is 4.51. The van der Waals surface area contributed by atoms with Crippen LogP contribution < -0.4 is 5.73 Å². The van der Waals surface area contributed by atoms with Crippen LogP contribution in [-0.2, 0) is 14.4 Å². The number of rotatable bonds is 9. The van der Waals surface area contributed by atoms with Gasteiger partial charge in [0.05, 0.1) is 19.6 Å². The minimum Gasteiger partial charge on any atom is -0.480 e. The molecule has 3 N–H and O–H groups in total. The average Bonchev–Trinajstić information content (AvgIpc) is 2.13. The lowest BCUT2D eigenvalue weighted by Crippen LogP contribution is -2.47. The maximum Gasteiger partial charge on any atom is 0.317 e. The van der Waals surface area contributed by atoms with Crippen LogP contribution in [0.2, 0.25) is 0 Å². The van der Waals surface area contributed by atoms with Crippen molar-refractivity contribution in [1.82, 2.24) is 9.80 Å². The van der Waals surface area contributed by atoms with Gasteiger partial charge < -0.3 is 10.8 Å². The highest BCUT2D eigenvalue weighted by Gasteiger charge is 2.20. The number of nitrogens with zero attached hydrogens (tertiary/aromatic N) is 2. The molecular weight excluding hydrogens is 238 g/mol. The van der Waals surface area contributed by atoms with Gasteiger partial charge in [-0.2, -0.15) is 0 Å². The van der Waals surface area contributed by atoms with Crippen LogP contribution in [0.1, 0.15) is 13.8 Å². The lowest BCUT2D eigenvalue weighted by molar-refractivity contribution is -0.139. The van der Waals surface area contributed by atoms with E-state index in [4.69, 9.17) is 10.8 Å². The zero-order valence-corrected chi connectivity index (χ0v) is 11.0. The summed E-state index contributed by atoms with van der Waals surface area (Å²) in [6, 6.07) is -0.182. The molecule has 0 aliphatic rings. The maximum atomic E-state index is 10.9. The van der Waals surface area contributed by atoms with E-state index >= 15 is 0 Å². The van der Waals surface area contributed by atoms with E-state index < -0.39 is 11.9 Å². The van der Waals surface area contributed by atoms with Gasteiger partial charge in [-0.3, -0.25) is 24.2 Å². The van der Waals surface area contributed by atoms with E-state index in [1.165, 1.54) is 11.8 Å². The van der Waals surface area contributed by atoms with Gasteiger partial charge in [0.2, 0.25) is 5.91 Å². The second kappa shape index (κ2) is 7.78. The summed E-state index contributed by atoms with van der Waals surface area (Å²) in [6.07, 6.45) is 0. The molecule has 0 aliphatic heterocycles. The predicted molar refractivity (Wildman–Crippen MR) is 66.0 cm³/mol. The van der Waals surface area contributed by atoms with Crippen LogP contribution in [0.25, 0.3) is 0 Å². The Bertz CT molecular complexity index is 303. The molecule has 0 radical (unpaired) electrons. The normalized spacial score (nSPS) is 12.7. The summed E-state index contributed by atoms with van der Waals surface area (Å²) < 4.78 is 0. The number of ketones is 1. The highest BCUT2D eigenvalue weighted by atomic mass is 16.4. The van der Waals surface area contributed by atoms with Crippen molar-refractivity contribution < 1.29 is 19.5 Å². The molecule has 0 aromatic rings. The number of carbonyl (C=O) groups excluding carboxylic acids is 2. The van der Waals surface area contributed by atoms with E-state index in [1.807, 2.05) is 0 Å². The summed E-state index contributed by atoms with van der Waals surface area (Å²) in [7, 11) is 1.76. The van der Waals surface area contributed by atoms with E-state index in [0.717, 1.165) is 0 Å². The quantitative estimate of drug-likeness (QED) is 0.537. The Morgan fingerprint density at radius 1 is 1.22 bits per heavy atom. The van der Waals surface area contributed by atoms with Crippen LogP contribution in [0.4, 0.5) is 0 Å². The lowest BCUT2D eigenvalue weighted by atomic mass is 10.2. The molecule has 0 saturated carbocycles. The van der Waals surface area contributed by atoms with Gasteiger partial charge in [-0.25, -0.2) is 0 Å². The first kappa shape index (κ1) is 16.5. The molecule has 0 unspecified atom stereocenters. The largest absolute Gasteiger partial charge is 0.480 e. The first-order chi connectivity index (χ1) is 8.22. The van der Waals surface area contributed by atoms with E-state index in [0.29, 0.717) is 13.1 Å². The third kappa shape index (κ3) is 7.75. The van der Waals surface area contributed by atoms with Gasteiger partial charge in [0, 0.05) is 12.6 Å². The summed E-state index contributed by atoms with van der Waals surface area (Å²) in [5.41, 5.74) is 5.08. The minimum absolute atomic E-state index is 0.0318. The number of carboxylic acid groups (broad SMARTS) is 1. The van der Waals surface area contributed by atoms with Crippen LogP contribution in [0, 0.1) is 0 Å². The number of carboxylic acids is 1. The molecule has 0 aliphatic carbocycles. The Hall–Kier alpha value is -1.47. The van der Waals surface area contributed by atoms with Crippen LogP contribution >= 0.6 is 0 Å². The number of Topliss-reactive ketones (excluding diaryl/α,β-unsaturated/α-hetero) is 1. The molecule has 0 spiro atoms. The maximum absolute atomic E-state index is 10.9. The number of carbonyl (C=O) groups is 3. The van der Waals surface area contributed by atoms with Gasteiger partial charge in [-0.1, -0.05) is 0 Å². The van der Waals surface area contributed by atoms with E-state index in [-0.39, 0.29) is 24.9 Å². The first-order valence-electron chi connectivity index (χ1n) is 5.64. The van der Waals surface area contributed by atoms with Gasteiger partial charge in [-0.15, -0.1) is 0 Å². The van der Waals surface area contributed by atoms with Crippen molar-refractivity contribution in [3.63, 3.8) is 0 Å². The fraction of sp³-hybridized carbons (Fsp3) is 0.727. The highest BCUT2D eigenvalue weighted by molar-refractivity contribution is 5.78. The first-order valence-corrected chi connectivity index (χ1v) is 5.64. The van der Waals surface area contributed by atoms with Gasteiger partial charge in [0.15, 0.2) is 0 Å². The Morgan fingerprint density at radius 2 is 1.78 bits per heavy atom. The summed E-state index contributed by atoms with van der Waals surface area (Å²) >= 11 is 0. The molecule has 104 valence electrons. The molecular formula is C11H21N3O4. The highest BCUT2D eigenvalue weighted by Crippen LogP contribution is 2.01. The average molecular weight is 259 g/mol. The van der Waals surface area contributed by atoms with E-state index in [9.17, 15) is 14.4 Å². The summed E-state index contributed by atoms with van der Waals surface area (Å²) in [5.74, 6) is -1.56. The van der Waals surface area contributed by atoms with Gasteiger partial charge in [0.25, 0.3) is 0 Å². The Labute approximate surface area is 107 Å². The van der Waals surface area contributed by atoms with E-state index in [1.54, 1.807) is 18.9 Å². The van der Waals surface area contributed by atoms with Crippen molar-refractivity contribution in [1.29, 1.82) is 0 Å². The number of primary amides is 1. The smallest absolute Gasteiger partial charge is 0.317 e. The molecule has 0 fully saturated rings. The number of amides is 1. The number of likely N-dealkylation sites (N-methyl/N-ethyl adjacent to an activating group) is 1. The van der Waals surface area contributed by atoms with Crippen molar-refractivity contribution >= 4 is 17.7 Å². The molecule has 0 aromatic carbocycles. The second-order valence-electron chi connectivity index (χ2n) is 4.51. The summed E-state index contributed by atoms with van der Waals surface area (Å²) in [4.78, 5) is 35.8. The van der Waals surface area contributed by atoms with Gasteiger partial charge in [0.1, 0.15) is 5.78 Å². The third-order valence-electron chi connectivity index (χ3n) is 2.39. The number of nitrogens with two attached hydrogens (primary N) is 1. The molecule has 0 saturated heterocycles. The molecule has 0 bridgehead atoms. The molecule has 0 aromatic heterocycles. The molecule has 1 atom stereocenters. The number of aliphatic carboxylic acids is 1. The Balaban J connectivity index is 4.44. The van der Waals surface area contributed by atoms with Crippen molar-refractivity contribution in [2.24, 2.45) is 5.73 Å². The molecule has 7 heteroatoms. The molecule has 18 heavy (non-hydrogen) atoms. The van der Waals surface area contributed by atoms with Crippen LogP contribution in [-0.4, -0.2) is 71.8 Å². The number of hydrogen-bond donors (Lipinski definition) is 2. The molecule has 0 rings (SSSR count). The lowest BCUT2D eigenvalue weighted by Gasteiger charge is -2.29. The van der Waals surface area contributed by atoms with Crippen molar-refractivity contribution in [3.05, 3.63) is 0 Å².